The lowest BCUT2D eigenvalue weighted by Crippen LogP contribution is -2.63. The summed E-state index contributed by atoms with van der Waals surface area (Å²) in [4.78, 5) is 2.30. The van der Waals surface area contributed by atoms with Crippen LogP contribution in [-0.4, -0.2) is 65.8 Å². The molecule has 0 aliphatic carbocycles. The van der Waals surface area contributed by atoms with Crippen LogP contribution in [0.5, 0.6) is 0 Å². The molecular weight excluding hydrogens is 426 g/mol. The highest BCUT2D eigenvalue weighted by atomic mass is 16.5. The topological polar surface area (TPSA) is 62.2 Å². The third-order valence-electron chi connectivity index (χ3n) is 7.01. The average molecular weight is 478 g/mol. The van der Waals surface area contributed by atoms with Gasteiger partial charge in [0, 0.05) is 13.2 Å². The number of likely N-dealkylation sites (tertiary alicyclic amines) is 1. The molecule has 0 unspecified atom stereocenters. The standard InChI is InChI=1S/C29H51NO4/c1-3-5-7-9-11-16-20-30-22-27(31)28(32)29(34-21-17-12-10-8-6-4-2)26(30)24-33-23-25-18-14-13-15-19-25/h13-15,18-19,26-29,31-32H,3-12,16-17,20-24H2,1-2H3/t26-,27-,28+,29-/m1/s1. The first kappa shape index (κ1) is 29.3. The summed E-state index contributed by atoms with van der Waals surface area (Å²) < 4.78 is 12.4. The highest BCUT2D eigenvalue weighted by molar-refractivity contribution is 5.13. The summed E-state index contributed by atoms with van der Waals surface area (Å²) >= 11 is 0. The molecule has 1 heterocycles. The molecule has 1 fully saturated rings. The van der Waals surface area contributed by atoms with Crippen molar-refractivity contribution in [2.45, 2.75) is 122 Å². The molecule has 1 aromatic rings. The van der Waals surface area contributed by atoms with Gasteiger partial charge in [-0.1, -0.05) is 108 Å². The third kappa shape index (κ3) is 11.2. The van der Waals surface area contributed by atoms with Gasteiger partial charge in [0.2, 0.25) is 0 Å². The fourth-order valence-corrected chi connectivity index (χ4v) is 4.87. The average Bonchev–Trinajstić information content (AvgIpc) is 2.85. The summed E-state index contributed by atoms with van der Waals surface area (Å²) in [7, 11) is 0. The van der Waals surface area contributed by atoms with E-state index in [2.05, 4.69) is 30.9 Å². The van der Waals surface area contributed by atoms with Crippen molar-refractivity contribution >= 4 is 0 Å². The monoisotopic (exact) mass is 477 g/mol. The highest BCUT2D eigenvalue weighted by Gasteiger charge is 2.42. The molecule has 5 heteroatoms. The molecule has 4 atom stereocenters. The van der Waals surface area contributed by atoms with E-state index >= 15 is 0 Å². The van der Waals surface area contributed by atoms with Crippen LogP contribution in [0, 0.1) is 0 Å². The van der Waals surface area contributed by atoms with Crippen molar-refractivity contribution in [3.05, 3.63) is 35.9 Å². The second-order valence-electron chi connectivity index (χ2n) is 9.99. The Labute approximate surface area is 208 Å². The molecule has 5 nitrogen and oxygen atoms in total. The second kappa shape index (κ2) is 18.3. The largest absolute Gasteiger partial charge is 0.389 e. The molecule has 2 N–H and O–H groups in total. The minimum Gasteiger partial charge on any atom is -0.389 e. The van der Waals surface area contributed by atoms with Crippen molar-refractivity contribution < 1.29 is 19.7 Å². The van der Waals surface area contributed by atoms with Gasteiger partial charge in [0.1, 0.15) is 12.2 Å². The fourth-order valence-electron chi connectivity index (χ4n) is 4.87. The number of benzene rings is 1. The molecule has 0 radical (unpaired) electrons. The van der Waals surface area contributed by atoms with Crippen molar-refractivity contribution in [1.29, 1.82) is 0 Å². The Morgan fingerprint density at radius 3 is 2.12 bits per heavy atom. The number of rotatable bonds is 19. The van der Waals surface area contributed by atoms with E-state index in [1.165, 1.54) is 57.8 Å². The molecule has 1 saturated heterocycles. The Kier molecular flexibility index (Phi) is 15.8. The SMILES string of the molecule is CCCCCCCCO[C@H]1[C@@H](O)[C@H](O)CN(CCCCCCCC)[C@@H]1COCc1ccccc1. The van der Waals surface area contributed by atoms with Gasteiger partial charge in [0.05, 0.1) is 25.4 Å². The molecule has 1 aliphatic rings. The highest BCUT2D eigenvalue weighted by Crippen LogP contribution is 2.24. The van der Waals surface area contributed by atoms with Gasteiger partial charge in [-0.3, -0.25) is 4.90 Å². The summed E-state index contributed by atoms with van der Waals surface area (Å²) in [5.41, 5.74) is 1.14. The smallest absolute Gasteiger partial charge is 0.109 e. The van der Waals surface area contributed by atoms with Gasteiger partial charge in [0.15, 0.2) is 0 Å². The van der Waals surface area contributed by atoms with E-state index in [4.69, 9.17) is 9.47 Å². The molecule has 196 valence electrons. The number of β-amino-alcohol motifs (C(OH)–C–C–N with tert-alkyl or cyclic N) is 1. The zero-order chi connectivity index (χ0) is 24.4. The van der Waals surface area contributed by atoms with E-state index in [-0.39, 0.29) is 6.04 Å². The van der Waals surface area contributed by atoms with Crippen LogP contribution in [0.15, 0.2) is 30.3 Å². The van der Waals surface area contributed by atoms with Crippen molar-refractivity contribution in [2.75, 3.05) is 26.3 Å². The van der Waals surface area contributed by atoms with Gasteiger partial charge >= 0.3 is 0 Å². The zero-order valence-electron chi connectivity index (χ0n) is 21.9. The number of unbranched alkanes of at least 4 members (excludes halogenated alkanes) is 10. The minimum atomic E-state index is -0.869. The Bertz CT molecular complexity index is 599. The van der Waals surface area contributed by atoms with Crippen molar-refractivity contribution in [2.24, 2.45) is 0 Å². The van der Waals surface area contributed by atoms with Crippen molar-refractivity contribution in [3.8, 4) is 0 Å². The van der Waals surface area contributed by atoms with Crippen LogP contribution in [0.2, 0.25) is 0 Å². The first-order chi connectivity index (χ1) is 16.7. The van der Waals surface area contributed by atoms with Crippen molar-refractivity contribution in [1.82, 2.24) is 4.90 Å². The molecule has 34 heavy (non-hydrogen) atoms. The minimum absolute atomic E-state index is 0.0437. The maximum Gasteiger partial charge on any atom is 0.109 e. The molecule has 0 saturated carbocycles. The number of piperidine rings is 1. The van der Waals surface area contributed by atoms with Gasteiger partial charge < -0.3 is 19.7 Å². The zero-order valence-corrected chi connectivity index (χ0v) is 21.9. The molecule has 0 aromatic heterocycles. The van der Waals surface area contributed by atoms with Gasteiger partial charge in [-0.05, 0) is 24.9 Å². The summed E-state index contributed by atoms with van der Waals surface area (Å²) in [6.07, 6.45) is 12.6. The van der Waals surface area contributed by atoms with Crippen LogP contribution in [0.1, 0.15) is 96.5 Å². The molecule has 0 spiro atoms. The van der Waals surface area contributed by atoms with Gasteiger partial charge in [0.25, 0.3) is 0 Å². The van der Waals surface area contributed by atoms with Crippen LogP contribution < -0.4 is 0 Å². The third-order valence-corrected chi connectivity index (χ3v) is 7.01. The molecule has 0 bridgehead atoms. The number of aliphatic hydroxyl groups excluding tert-OH is 2. The number of hydrogen-bond acceptors (Lipinski definition) is 5. The van der Waals surface area contributed by atoms with Crippen LogP contribution in [0.25, 0.3) is 0 Å². The lowest BCUT2D eigenvalue weighted by molar-refractivity contribution is -0.171. The summed E-state index contributed by atoms with van der Waals surface area (Å²) in [5, 5.41) is 21.4. The molecule has 0 amide bonds. The predicted molar refractivity (Wildman–Crippen MR) is 140 cm³/mol. The van der Waals surface area contributed by atoms with Crippen LogP contribution >= 0.6 is 0 Å². The van der Waals surface area contributed by atoms with E-state index in [1.54, 1.807) is 0 Å². The maximum absolute atomic E-state index is 10.8. The fraction of sp³-hybridized carbons (Fsp3) is 0.793. The number of hydrogen-bond donors (Lipinski definition) is 2. The lowest BCUT2D eigenvalue weighted by Gasteiger charge is -2.45. The first-order valence-electron chi connectivity index (χ1n) is 14.0. The lowest BCUT2D eigenvalue weighted by atomic mass is 9.93. The summed E-state index contributed by atoms with van der Waals surface area (Å²) in [6.45, 7) is 7.53. The molecule has 1 aliphatic heterocycles. The molecule has 2 rings (SSSR count). The first-order valence-corrected chi connectivity index (χ1v) is 14.0. The summed E-state index contributed by atoms with van der Waals surface area (Å²) in [5.74, 6) is 0. The Hall–Kier alpha value is -0.980. The Morgan fingerprint density at radius 1 is 0.824 bits per heavy atom. The molecular formula is C29H51NO4. The summed E-state index contributed by atoms with van der Waals surface area (Å²) in [6, 6.07) is 10.2. The van der Waals surface area contributed by atoms with E-state index < -0.39 is 18.3 Å². The van der Waals surface area contributed by atoms with Crippen LogP contribution in [0.4, 0.5) is 0 Å². The predicted octanol–water partition coefficient (Wildman–Crippen LogP) is 5.72. The number of aliphatic hydroxyl groups is 2. The van der Waals surface area contributed by atoms with E-state index in [0.29, 0.717) is 26.4 Å². The van der Waals surface area contributed by atoms with Gasteiger partial charge in [-0.15, -0.1) is 0 Å². The van der Waals surface area contributed by atoms with Crippen LogP contribution in [-0.2, 0) is 16.1 Å². The maximum atomic E-state index is 10.8. The molecule has 1 aromatic carbocycles. The number of nitrogens with zero attached hydrogens (tertiary/aromatic N) is 1. The van der Waals surface area contributed by atoms with Crippen LogP contribution in [0.3, 0.4) is 0 Å². The second-order valence-corrected chi connectivity index (χ2v) is 9.99. The quantitative estimate of drug-likeness (QED) is 0.250. The Balaban J connectivity index is 1.91. The van der Waals surface area contributed by atoms with E-state index in [9.17, 15) is 10.2 Å². The van der Waals surface area contributed by atoms with Crippen molar-refractivity contribution in [3.63, 3.8) is 0 Å². The van der Waals surface area contributed by atoms with Gasteiger partial charge in [-0.25, -0.2) is 0 Å². The number of ether oxygens (including phenoxy) is 2. The van der Waals surface area contributed by atoms with Gasteiger partial charge in [-0.2, -0.15) is 0 Å². The normalized spacial score (nSPS) is 23.4. The van der Waals surface area contributed by atoms with E-state index in [0.717, 1.165) is 31.4 Å². The van der Waals surface area contributed by atoms with E-state index in [1.807, 2.05) is 18.2 Å². The Morgan fingerprint density at radius 2 is 1.44 bits per heavy atom.